The number of aryl methyl sites for hydroxylation is 2. The van der Waals surface area contributed by atoms with Gasteiger partial charge >= 0.3 is 0 Å². The molecule has 0 spiro atoms. The van der Waals surface area contributed by atoms with Gasteiger partial charge in [0.1, 0.15) is 0 Å². The number of aromatic nitrogens is 1. The summed E-state index contributed by atoms with van der Waals surface area (Å²) in [5.41, 5.74) is 2.37. The lowest BCUT2D eigenvalue weighted by Crippen LogP contribution is -2.05. The SMILES string of the molecule is CC(O)c1cccn1CCCc1ccccc1. The Kier molecular flexibility index (Phi) is 3.99. The smallest absolute Gasteiger partial charge is 0.0911 e. The summed E-state index contributed by atoms with van der Waals surface area (Å²) >= 11 is 0. The first-order chi connectivity index (χ1) is 8.27. The van der Waals surface area contributed by atoms with Crippen molar-refractivity contribution in [2.24, 2.45) is 0 Å². The molecule has 0 aliphatic heterocycles. The van der Waals surface area contributed by atoms with Crippen molar-refractivity contribution in [3.05, 3.63) is 59.9 Å². The fraction of sp³-hybridized carbons (Fsp3) is 0.333. The number of aliphatic hydroxyl groups is 1. The summed E-state index contributed by atoms with van der Waals surface area (Å²) in [6.07, 6.45) is 3.82. The lowest BCUT2D eigenvalue weighted by molar-refractivity contribution is 0.189. The molecule has 0 bridgehead atoms. The monoisotopic (exact) mass is 229 g/mol. The summed E-state index contributed by atoms with van der Waals surface area (Å²) in [4.78, 5) is 0. The van der Waals surface area contributed by atoms with Gasteiger partial charge in [-0.05, 0) is 37.5 Å². The van der Waals surface area contributed by atoms with Gasteiger partial charge in [0.05, 0.1) is 6.10 Å². The molecule has 1 N–H and O–H groups in total. The second-order valence-electron chi connectivity index (χ2n) is 4.39. The number of rotatable bonds is 5. The highest BCUT2D eigenvalue weighted by atomic mass is 16.3. The van der Waals surface area contributed by atoms with Gasteiger partial charge in [0.15, 0.2) is 0 Å². The Labute approximate surface area is 103 Å². The second kappa shape index (κ2) is 5.69. The third-order valence-electron chi connectivity index (χ3n) is 3.00. The highest BCUT2D eigenvalue weighted by molar-refractivity contribution is 5.15. The number of benzene rings is 1. The van der Waals surface area contributed by atoms with Crippen LogP contribution >= 0.6 is 0 Å². The molecule has 2 aromatic rings. The summed E-state index contributed by atoms with van der Waals surface area (Å²) in [7, 11) is 0. The molecule has 1 unspecified atom stereocenters. The summed E-state index contributed by atoms with van der Waals surface area (Å²) in [5.74, 6) is 0. The molecule has 17 heavy (non-hydrogen) atoms. The average molecular weight is 229 g/mol. The zero-order valence-electron chi connectivity index (χ0n) is 10.2. The zero-order valence-corrected chi connectivity index (χ0v) is 10.2. The van der Waals surface area contributed by atoms with E-state index < -0.39 is 0 Å². The van der Waals surface area contributed by atoms with Crippen molar-refractivity contribution in [3.63, 3.8) is 0 Å². The van der Waals surface area contributed by atoms with Crippen molar-refractivity contribution >= 4 is 0 Å². The maximum atomic E-state index is 9.59. The zero-order chi connectivity index (χ0) is 12.1. The standard InChI is InChI=1S/C15H19NO/c1-13(17)15-10-6-12-16(15)11-5-9-14-7-3-2-4-8-14/h2-4,6-8,10,12-13,17H,5,9,11H2,1H3. The van der Waals surface area contributed by atoms with E-state index in [9.17, 15) is 5.11 Å². The molecule has 2 heteroatoms. The number of hydrogen-bond acceptors (Lipinski definition) is 1. The van der Waals surface area contributed by atoms with E-state index in [4.69, 9.17) is 0 Å². The fourth-order valence-corrected chi connectivity index (χ4v) is 2.11. The highest BCUT2D eigenvalue weighted by Crippen LogP contribution is 2.14. The molecule has 0 fully saturated rings. The first-order valence-corrected chi connectivity index (χ1v) is 6.14. The molecule has 0 aliphatic rings. The van der Waals surface area contributed by atoms with E-state index in [0.717, 1.165) is 25.1 Å². The summed E-state index contributed by atoms with van der Waals surface area (Å²) in [6, 6.07) is 14.5. The average Bonchev–Trinajstić information content (AvgIpc) is 2.79. The Balaban J connectivity index is 1.88. The van der Waals surface area contributed by atoms with Crippen molar-refractivity contribution in [1.29, 1.82) is 0 Å². The van der Waals surface area contributed by atoms with Gasteiger partial charge in [0.25, 0.3) is 0 Å². The molecule has 0 amide bonds. The van der Waals surface area contributed by atoms with Crippen molar-refractivity contribution in [2.75, 3.05) is 0 Å². The Morgan fingerprint density at radius 3 is 2.59 bits per heavy atom. The van der Waals surface area contributed by atoms with E-state index in [1.165, 1.54) is 5.56 Å². The van der Waals surface area contributed by atoms with Crippen LogP contribution in [0.4, 0.5) is 0 Å². The minimum absolute atomic E-state index is 0.387. The molecule has 1 atom stereocenters. The lowest BCUT2D eigenvalue weighted by atomic mass is 10.1. The van der Waals surface area contributed by atoms with Gasteiger partial charge in [0, 0.05) is 18.4 Å². The minimum atomic E-state index is -0.387. The van der Waals surface area contributed by atoms with Crippen LogP contribution in [0.25, 0.3) is 0 Å². The summed E-state index contributed by atoms with van der Waals surface area (Å²) in [6.45, 7) is 2.77. The van der Waals surface area contributed by atoms with Crippen LogP contribution in [-0.2, 0) is 13.0 Å². The number of nitrogens with zero attached hydrogens (tertiary/aromatic N) is 1. The normalized spacial score (nSPS) is 12.6. The first kappa shape index (κ1) is 11.9. The molecule has 2 rings (SSSR count). The first-order valence-electron chi connectivity index (χ1n) is 6.14. The van der Waals surface area contributed by atoms with Crippen molar-refractivity contribution in [1.82, 2.24) is 4.57 Å². The van der Waals surface area contributed by atoms with E-state index in [-0.39, 0.29) is 6.10 Å². The molecular weight excluding hydrogens is 210 g/mol. The van der Waals surface area contributed by atoms with Gasteiger partial charge in [-0.25, -0.2) is 0 Å². The van der Waals surface area contributed by atoms with Gasteiger partial charge in [-0.15, -0.1) is 0 Å². The third kappa shape index (κ3) is 3.21. The highest BCUT2D eigenvalue weighted by Gasteiger charge is 2.05. The summed E-state index contributed by atoms with van der Waals surface area (Å²) < 4.78 is 2.13. The molecule has 1 heterocycles. The van der Waals surface area contributed by atoms with Crippen LogP contribution in [0.1, 0.15) is 30.7 Å². The van der Waals surface area contributed by atoms with Crippen LogP contribution < -0.4 is 0 Å². The predicted molar refractivity (Wildman–Crippen MR) is 69.8 cm³/mol. The van der Waals surface area contributed by atoms with Crippen LogP contribution in [0.3, 0.4) is 0 Å². The van der Waals surface area contributed by atoms with E-state index in [0.29, 0.717) is 0 Å². The number of aliphatic hydroxyl groups excluding tert-OH is 1. The molecule has 0 saturated heterocycles. The lowest BCUT2D eigenvalue weighted by Gasteiger charge is -2.11. The Morgan fingerprint density at radius 1 is 1.12 bits per heavy atom. The van der Waals surface area contributed by atoms with E-state index >= 15 is 0 Å². The van der Waals surface area contributed by atoms with Gasteiger partial charge in [-0.1, -0.05) is 30.3 Å². The van der Waals surface area contributed by atoms with Gasteiger partial charge in [-0.3, -0.25) is 0 Å². The fourth-order valence-electron chi connectivity index (χ4n) is 2.11. The quantitative estimate of drug-likeness (QED) is 0.837. The molecule has 0 radical (unpaired) electrons. The molecular formula is C15H19NO. The Morgan fingerprint density at radius 2 is 1.88 bits per heavy atom. The van der Waals surface area contributed by atoms with E-state index in [1.807, 2.05) is 31.3 Å². The van der Waals surface area contributed by atoms with Gasteiger partial charge in [0.2, 0.25) is 0 Å². The van der Waals surface area contributed by atoms with E-state index in [2.05, 4.69) is 28.8 Å². The second-order valence-corrected chi connectivity index (χ2v) is 4.39. The molecule has 90 valence electrons. The molecule has 0 aliphatic carbocycles. The predicted octanol–water partition coefficient (Wildman–Crippen LogP) is 3.17. The van der Waals surface area contributed by atoms with Gasteiger partial charge in [-0.2, -0.15) is 0 Å². The molecule has 1 aromatic heterocycles. The topological polar surface area (TPSA) is 25.2 Å². The maximum absolute atomic E-state index is 9.59. The van der Waals surface area contributed by atoms with Crippen LogP contribution in [0.5, 0.6) is 0 Å². The van der Waals surface area contributed by atoms with Crippen LogP contribution in [0.2, 0.25) is 0 Å². The number of hydrogen-bond donors (Lipinski definition) is 1. The van der Waals surface area contributed by atoms with E-state index in [1.54, 1.807) is 0 Å². The van der Waals surface area contributed by atoms with Crippen molar-refractivity contribution in [2.45, 2.75) is 32.4 Å². The van der Waals surface area contributed by atoms with Crippen LogP contribution in [0, 0.1) is 0 Å². The summed E-state index contributed by atoms with van der Waals surface area (Å²) in [5, 5.41) is 9.59. The molecule has 2 nitrogen and oxygen atoms in total. The van der Waals surface area contributed by atoms with Crippen molar-refractivity contribution < 1.29 is 5.11 Å². The third-order valence-corrected chi connectivity index (χ3v) is 3.00. The van der Waals surface area contributed by atoms with Crippen molar-refractivity contribution in [3.8, 4) is 0 Å². The van der Waals surface area contributed by atoms with Gasteiger partial charge < -0.3 is 9.67 Å². The molecule has 0 saturated carbocycles. The minimum Gasteiger partial charge on any atom is -0.387 e. The largest absolute Gasteiger partial charge is 0.387 e. The Hall–Kier alpha value is -1.54. The Bertz CT molecular complexity index is 445. The molecule has 1 aromatic carbocycles. The van der Waals surface area contributed by atoms with Crippen LogP contribution in [-0.4, -0.2) is 9.67 Å². The van der Waals surface area contributed by atoms with Crippen LogP contribution in [0.15, 0.2) is 48.7 Å². The maximum Gasteiger partial charge on any atom is 0.0911 e.